The molecule has 1 aromatic heterocycles. The maximum atomic E-state index is 11.4. The molecule has 2 heterocycles. The molecule has 1 saturated heterocycles. The van der Waals surface area contributed by atoms with E-state index in [9.17, 15) is 8.42 Å². The van der Waals surface area contributed by atoms with E-state index >= 15 is 0 Å². The molecule has 1 aliphatic rings. The molecule has 16 heavy (non-hydrogen) atoms. The fourth-order valence-corrected chi connectivity index (χ4v) is 3.53. The van der Waals surface area contributed by atoms with E-state index in [0.29, 0.717) is 23.7 Å². The lowest BCUT2D eigenvalue weighted by atomic mass is 10.2. The molecule has 0 amide bonds. The molecule has 0 spiro atoms. The third kappa shape index (κ3) is 2.63. The van der Waals surface area contributed by atoms with Gasteiger partial charge in [0.05, 0.1) is 17.2 Å². The first kappa shape index (κ1) is 11.2. The van der Waals surface area contributed by atoms with Crippen LogP contribution in [-0.2, 0) is 9.84 Å². The number of aromatic nitrogens is 1. The van der Waals surface area contributed by atoms with Crippen molar-refractivity contribution in [1.82, 2.24) is 4.98 Å². The topological polar surface area (TPSA) is 85.1 Å². The summed E-state index contributed by atoms with van der Waals surface area (Å²) in [6.07, 6.45) is 3.17. The average Bonchev–Trinajstić information content (AvgIpc) is 2.20. The Morgan fingerprint density at radius 1 is 1.50 bits per heavy atom. The summed E-state index contributed by atoms with van der Waals surface area (Å²) in [4.78, 5) is 3.95. The number of anilines is 2. The number of nitrogen functional groups attached to an aromatic ring is 1. The summed E-state index contributed by atoms with van der Waals surface area (Å²) in [6, 6.07) is 3.53. The maximum absolute atomic E-state index is 11.4. The molecule has 2 rings (SSSR count). The monoisotopic (exact) mass is 241 g/mol. The van der Waals surface area contributed by atoms with Gasteiger partial charge in [-0.05, 0) is 25.0 Å². The lowest BCUT2D eigenvalue weighted by Crippen LogP contribution is -2.35. The number of hydrogen-bond donors (Lipinski definition) is 2. The largest absolute Gasteiger partial charge is 0.382 e. The lowest BCUT2D eigenvalue weighted by molar-refractivity contribution is 0.562. The molecule has 0 bridgehead atoms. The van der Waals surface area contributed by atoms with Crippen LogP contribution >= 0.6 is 0 Å². The summed E-state index contributed by atoms with van der Waals surface area (Å²) in [7, 11) is -2.89. The van der Waals surface area contributed by atoms with Crippen LogP contribution in [0.2, 0.25) is 0 Å². The van der Waals surface area contributed by atoms with Gasteiger partial charge in [-0.1, -0.05) is 0 Å². The van der Waals surface area contributed by atoms with E-state index < -0.39 is 9.84 Å². The van der Waals surface area contributed by atoms with E-state index in [1.807, 2.05) is 6.07 Å². The Morgan fingerprint density at radius 2 is 2.31 bits per heavy atom. The Hall–Kier alpha value is -1.30. The van der Waals surface area contributed by atoms with E-state index in [4.69, 9.17) is 5.73 Å². The van der Waals surface area contributed by atoms with Crippen molar-refractivity contribution < 1.29 is 8.42 Å². The molecule has 5 nitrogen and oxygen atoms in total. The highest BCUT2D eigenvalue weighted by molar-refractivity contribution is 7.91. The Morgan fingerprint density at radius 3 is 3.00 bits per heavy atom. The van der Waals surface area contributed by atoms with Crippen molar-refractivity contribution in [3.05, 3.63) is 18.3 Å². The van der Waals surface area contributed by atoms with Crippen LogP contribution < -0.4 is 11.1 Å². The molecule has 0 aliphatic carbocycles. The maximum Gasteiger partial charge on any atom is 0.152 e. The first-order valence-electron chi connectivity index (χ1n) is 5.24. The van der Waals surface area contributed by atoms with Crippen LogP contribution in [0.5, 0.6) is 0 Å². The SMILES string of the molecule is Nc1ncccc1NC1CCCS(=O)(=O)C1. The first-order valence-corrected chi connectivity index (χ1v) is 7.06. The van der Waals surface area contributed by atoms with Crippen molar-refractivity contribution in [3.63, 3.8) is 0 Å². The minimum Gasteiger partial charge on any atom is -0.382 e. The molecule has 1 atom stereocenters. The Balaban J connectivity index is 2.08. The third-order valence-electron chi connectivity index (χ3n) is 2.66. The fourth-order valence-electron chi connectivity index (χ4n) is 1.90. The first-order chi connectivity index (χ1) is 7.57. The molecule has 1 aliphatic heterocycles. The minimum absolute atomic E-state index is 0.0507. The quantitative estimate of drug-likeness (QED) is 0.794. The smallest absolute Gasteiger partial charge is 0.152 e. The van der Waals surface area contributed by atoms with E-state index in [2.05, 4.69) is 10.3 Å². The highest BCUT2D eigenvalue weighted by atomic mass is 32.2. The lowest BCUT2D eigenvalue weighted by Gasteiger charge is -2.24. The van der Waals surface area contributed by atoms with Crippen molar-refractivity contribution in [1.29, 1.82) is 0 Å². The number of sulfone groups is 1. The molecule has 1 fully saturated rings. The zero-order chi connectivity index (χ0) is 11.6. The van der Waals surface area contributed by atoms with Gasteiger partial charge in [0, 0.05) is 12.2 Å². The summed E-state index contributed by atoms with van der Waals surface area (Å²) >= 11 is 0. The minimum atomic E-state index is -2.89. The Labute approximate surface area is 95.0 Å². The second-order valence-corrected chi connectivity index (χ2v) is 6.26. The van der Waals surface area contributed by atoms with E-state index in [1.54, 1.807) is 12.3 Å². The van der Waals surface area contributed by atoms with Gasteiger partial charge in [0.15, 0.2) is 9.84 Å². The zero-order valence-electron chi connectivity index (χ0n) is 8.89. The van der Waals surface area contributed by atoms with Crippen LogP contribution in [0.15, 0.2) is 18.3 Å². The molecule has 0 aromatic carbocycles. The van der Waals surface area contributed by atoms with Crippen molar-refractivity contribution in [3.8, 4) is 0 Å². The van der Waals surface area contributed by atoms with Gasteiger partial charge in [-0.3, -0.25) is 0 Å². The van der Waals surface area contributed by atoms with Crippen LogP contribution in [0.4, 0.5) is 11.5 Å². The van der Waals surface area contributed by atoms with Crippen LogP contribution in [0.1, 0.15) is 12.8 Å². The summed E-state index contributed by atoms with van der Waals surface area (Å²) < 4.78 is 22.9. The summed E-state index contributed by atoms with van der Waals surface area (Å²) in [5.41, 5.74) is 6.39. The normalized spacial score (nSPS) is 23.9. The second kappa shape index (κ2) is 4.29. The van der Waals surface area contributed by atoms with Gasteiger partial charge in [0.2, 0.25) is 0 Å². The van der Waals surface area contributed by atoms with E-state index in [0.717, 1.165) is 6.42 Å². The number of nitrogens with two attached hydrogens (primary N) is 1. The number of nitrogens with one attached hydrogen (secondary N) is 1. The highest BCUT2D eigenvalue weighted by Crippen LogP contribution is 2.20. The number of pyridine rings is 1. The number of nitrogens with zero attached hydrogens (tertiary/aromatic N) is 1. The Bertz CT molecular complexity index is 473. The van der Waals surface area contributed by atoms with Crippen molar-refractivity contribution in [2.75, 3.05) is 22.6 Å². The summed E-state index contributed by atoms with van der Waals surface area (Å²) in [5.74, 6) is 0.889. The van der Waals surface area contributed by atoms with Crippen LogP contribution in [0.25, 0.3) is 0 Å². The summed E-state index contributed by atoms with van der Waals surface area (Å²) in [6.45, 7) is 0. The predicted octanol–water partition coefficient (Wildman–Crippen LogP) is 0.653. The van der Waals surface area contributed by atoms with Gasteiger partial charge in [-0.15, -0.1) is 0 Å². The van der Waals surface area contributed by atoms with Crippen LogP contribution in [-0.4, -0.2) is 30.9 Å². The molecule has 1 aromatic rings. The standard InChI is InChI=1S/C10H15N3O2S/c11-10-9(4-1-5-12-10)13-8-3-2-6-16(14,15)7-8/h1,4-5,8,13H,2-3,6-7H2,(H2,11,12). The van der Waals surface area contributed by atoms with Gasteiger partial charge in [0.25, 0.3) is 0 Å². The molecule has 3 N–H and O–H groups in total. The van der Waals surface area contributed by atoms with Gasteiger partial charge in [-0.25, -0.2) is 13.4 Å². The number of rotatable bonds is 2. The van der Waals surface area contributed by atoms with Gasteiger partial charge >= 0.3 is 0 Å². The van der Waals surface area contributed by atoms with E-state index in [1.165, 1.54) is 0 Å². The molecule has 88 valence electrons. The average molecular weight is 241 g/mol. The van der Waals surface area contributed by atoms with Gasteiger partial charge < -0.3 is 11.1 Å². The molecule has 1 unspecified atom stereocenters. The van der Waals surface area contributed by atoms with Crippen LogP contribution in [0.3, 0.4) is 0 Å². The third-order valence-corrected chi connectivity index (χ3v) is 4.48. The zero-order valence-corrected chi connectivity index (χ0v) is 9.70. The van der Waals surface area contributed by atoms with Gasteiger partial charge in [0.1, 0.15) is 5.82 Å². The van der Waals surface area contributed by atoms with E-state index in [-0.39, 0.29) is 11.8 Å². The fraction of sp³-hybridized carbons (Fsp3) is 0.500. The van der Waals surface area contributed by atoms with Crippen molar-refractivity contribution in [2.45, 2.75) is 18.9 Å². The Kier molecular flexibility index (Phi) is 3.00. The van der Waals surface area contributed by atoms with Gasteiger partial charge in [-0.2, -0.15) is 0 Å². The highest BCUT2D eigenvalue weighted by Gasteiger charge is 2.24. The number of hydrogen-bond acceptors (Lipinski definition) is 5. The van der Waals surface area contributed by atoms with Crippen molar-refractivity contribution >= 4 is 21.3 Å². The molecule has 0 saturated carbocycles. The molecular weight excluding hydrogens is 226 g/mol. The predicted molar refractivity (Wildman–Crippen MR) is 63.9 cm³/mol. The summed E-state index contributed by atoms with van der Waals surface area (Å²) in [5, 5.41) is 3.14. The second-order valence-electron chi connectivity index (χ2n) is 4.03. The van der Waals surface area contributed by atoms with Crippen LogP contribution in [0, 0.1) is 0 Å². The van der Waals surface area contributed by atoms with Crippen molar-refractivity contribution in [2.24, 2.45) is 0 Å². The molecule has 6 heteroatoms. The molecule has 0 radical (unpaired) electrons. The molecular formula is C10H15N3O2S.